The molecule has 1 heterocycles. The SMILES string of the molecule is CCOC(=O)C(C(=O)OCC)C(O)c1sccc1Br. The van der Waals surface area contributed by atoms with Crippen molar-refractivity contribution in [2.45, 2.75) is 20.0 Å². The number of carbonyl (C=O) groups is 2. The van der Waals surface area contributed by atoms with E-state index < -0.39 is 24.0 Å². The molecule has 0 bridgehead atoms. The molecular weight excluding hydrogens is 336 g/mol. The number of esters is 2. The summed E-state index contributed by atoms with van der Waals surface area (Å²) in [6.07, 6.45) is -1.28. The monoisotopic (exact) mass is 350 g/mol. The normalized spacial score (nSPS) is 12.3. The first-order valence-electron chi connectivity index (χ1n) is 5.77. The fourth-order valence-corrected chi connectivity index (χ4v) is 3.11. The third-order valence-corrected chi connectivity index (χ3v) is 4.25. The first kappa shape index (κ1) is 16.1. The van der Waals surface area contributed by atoms with Crippen LogP contribution in [0.25, 0.3) is 0 Å². The van der Waals surface area contributed by atoms with E-state index in [4.69, 9.17) is 9.47 Å². The number of carbonyl (C=O) groups excluding carboxylic acids is 2. The zero-order chi connectivity index (χ0) is 14.4. The molecule has 0 amide bonds. The van der Waals surface area contributed by atoms with Crippen LogP contribution in [0.1, 0.15) is 24.8 Å². The molecule has 1 atom stereocenters. The van der Waals surface area contributed by atoms with E-state index in [1.165, 1.54) is 11.3 Å². The molecule has 7 heteroatoms. The molecule has 1 rings (SSSR count). The number of hydrogen-bond donors (Lipinski definition) is 1. The van der Waals surface area contributed by atoms with Crippen molar-refractivity contribution < 1.29 is 24.2 Å². The molecule has 0 aliphatic heterocycles. The van der Waals surface area contributed by atoms with Crippen LogP contribution in [0, 0.1) is 5.92 Å². The van der Waals surface area contributed by atoms with Crippen LogP contribution in [-0.2, 0) is 19.1 Å². The number of aliphatic hydroxyl groups is 1. The Kier molecular flexibility index (Phi) is 6.47. The van der Waals surface area contributed by atoms with Crippen LogP contribution in [0.4, 0.5) is 0 Å². The smallest absolute Gasteiger partial charge is 0.323 e. The molecule has 1 unspecified atom stereocenters. The molecule has 0 aliphatic carbocycles. The number of rotatable bonds is 6. The van der Waals surface area contributed by atoms with Crippen molar-refractivity contribution in [2.24, 2.45) is 5.92 Å². The van der Waals surface area contributed by atoms with Gasteiger partial charge in [0.2, 0.25) is 0 Å². The number of halogens is 1. The molecule has 1 N–H and O–H groups in total. The summed E-state index contributed by atoms with van der Waals surface area (Å²) in [4.78, 5) is 24.1. The van der Waals surface area contributed by atoms with Gasteiger partial charge in [-0.2, -0.15) is 0 Å². The number of hydrogen-bond acceptors (Lipinski definition) is 6. The van der Waals surface area contributed by atoms with Crippen LogP contribution in [0.3, 0.4) is 0 Å². The maximum atomic E-state index is 11.8. The van der Waals surface area contributed by atoms with Crippen LogP contribution in [-0.4, -0.2) is 30.3 Å². The molecule has 1 aromatic rings. The van der Waals surface area contributed by atoms with Crippen molar-refractivity contribution in [1.29, 1.82) is 0 Å². The summed E-state index contributed by atoms with van der Waals surface area (Å²) in [6.45, 7) is 3.53. The maximum absolute atomic E-state index is 11.8. The van der Waals surface area contributed by atoms with E-state index in [0.29, 0.717) is 9.35 Å². The Bertz CT molecular complexity index is 427. The minimum Gasteiger partial charge on any atom is -0.465 e. The van der Waals surface area contributed by atoms with Gasteiger partial charge in [0, 0.05) is 9.35 Å². The topological polar surface area (TPSA) is 72.8 Å². The largest absolute Gasteiger partial charge is 0.465 e. The first-order valence-corrected chi connectivity index (χ1v) is 7.44. The van der Waals surface area contributed by atoms with Crippen molar-refractivity contribution >= 4 is 39.2 Å². The van der Waals surface area contributed by atoms with Gasteiger partial charge in [-0.05, 0) is 41.2 Å². The van der Waals surface area contributed by atoms with Crippen molar-refractivity contribution in [3.8, 4) is 0 Å². The van der Waals surface area contributed by atoms with Gasteiger partial charge in [0.25, 0.3) is 0 Å². The van der Waals surface area contributed by atoms with Gasteiger partial charge in [0.15, 0.2) is 5.92 Å². The Balaban J connectivity index is 2.99. The van der Waals surface area contributed by atoms with Crippen molar-refractivity contribution in [1.82, 2.24) is 0 Å². The van der Waals surface area contributed by atoms with E-state index in [2.05, 4.69) is 15.9 Å². The van der Waals surface area contributed by atoms with E-state index in [0.717, 1.165) is 0 Å². The maximum Gasteiger partial charge on any atom is 0.323 e. The second kappa shape index (κ2) is 7.62. The van der Waals surface area contributed by atoms with Crippen LogP contribution < -0.4 is 0 Å². The van der Waals surface area contributed by atoms with Crippen LogP contribution in [0.2, 0.25) is 0 Å². The van der Waals surface area contributed by atoms with Gasteiger partial charge in [-0.25, -0.2) is 0 Å². The highest BCUT2D eigenvalue weighted by molar-refractivity contribution is 9.10. The molecule has 19 heavy (non-hydrogen) atoms. The lowest BCUT2D eigenvalue weighted by molar-refractivity contribution is -0.167. The molecule has 0 fully saturated rings. The zero-order valence-corrected chi connectivity index (χ0v) is 13.0. The molecule has 5 nitrogen and oxygen atoms in total. The molecule has 0 saturated carbocycles. The lowest BCUT2D eigenvalue weighted by Crippen LogP contribution is -2.33. The first-order chi connectivity index (χ1) is 9.02. The number of ether oxygens (including phenoxy) is 2. The highest BCUT2D eigenvalue weighted by atomic mass is 79.9. The highest BCUT2D eigenvalue weighted by Gasteiger charge is 2.38. The van der Waals surface area contributed by atoms with Gasteiger partial charge in [-0.3, -0.25) is 9.59 Å². The predicted molar refractivity (Wildman–Crippen MR) is 73.7 cm³/mol. The summed E-state index contributed by atoms with van der Waals surface area (Å²) in [5.41, 5.74) is 0. The zero-order valence-electron chi connectivity index (χ0n) is 10.6. The minimum atomic E-state index is -1.37. The van der Waals surface area contributed by atoms with Crippen LogP contribution in [0.15, 0.2) is 15.9 Å². The van der Waals surface area contributed by atoms with Gasteiger partial charge >= 0.3 is 11.9 Å². The second-order valence-corrected chi connectivity index (χ2v) is 5.36. The fourth-order valence-electron chi connectivity index (χ4n) is 1.49. The number of aliphatic hydroxyl groups excluding tert-OH is 1. The lowest BCUT2D eigenvalue weighted by atomic mass is 10.0. The van der Waals surface area contributed by atoms with Gasteiger partial charge in [-0.1, -0.05) is 0 Å². The quantitative estimate of drug-likeness (QED) is 0.629. The van der Waals surface area contributed by atoms with E-state index in [1.54, 1.807) is 25.3 Å². The molecule has 0 aliphatic rings. The highest BCUT2D eigenvalue weighted by Crippen LogP contribution is 2.34. The Morgan fingerprint density at radius 2 is 1.84 bits per heavy atom. The Hall–Kier alpha value is -0.920. The Morgan fingerprint density at radius 1 is 1.32 bits per heavy atom. The van der Waals surface area contributed by atoms with Crippen molar-refractivity contribution in [3.63, 3.8) is 0 Å². The third-order valence-electron chi connectivity index (χ3n) is 2.31. The summed E-state index contributed by atoms with van der Waals surface area (Å²) in [6, 6.07) is 1.73. The summed E-state index contributed by atoms with van der Waals surface area (Å²) in [5.74, 6) is -2.93. The lowest BCUT2D eigenvalue weighted by Gasteiger charge is -2.19. The second-order valence-electron chi connectivity index (χ2n) is 3.56. The standard InChI is InChI=1S/C12H15BrO5S/c1-3-17-11(15)8(12(16)18-4-2)9(14)10-7(13)5-6-19-10/h5-6,8-9,14H,3-4H2,1-2H3. The fraction of sp³-hybridized carbons (Fsp3) is 0.500. The molecule has 106 valence electrons. The summed E-state index contributed by atoms with van der Waals surface area (Å²) < 4.78 is 10.3. The molecule has 0 radical (unpaired) electrons. The van der Waals surface area contributed by atoms with Gasteiger partial charge in [0.1, 0.15) is 6.10 Å². The minimum absolute atomic E-state index is 0.132. The Labute approximate surface area is 123 Å². The van der Waals surface area contributed by atoms with Crippen LogP contribution in [0.5, 0.6) is 0 Å². The summed E-state index contributed by atoms with van der Waals surface area (Å²) in [5, 5.41) is 12.0. The molecule has 0 aromatic carbocycles. The van der Waals surface area contributed by atoms with Crippen molar-refractivity contribution in [2.75, 3.05) is 13.2 Å². The molecule has 1 aromatic heterocycles. The van der Waals surface area contributed by atoms with Crippen molar-refractivity contribution in [3.05, 3.63) is 20.8 Å². The molecular formula is C12H15BrO5S. The van der Waals surface area contributed by atoms with E-state index in [-0.39, 0.29) is 13.2 Å². The third kappa shape index (κ3) is 4.02. The van der Waals surface area contributed by atoms with E-state index in [1.807, 2.05) is 0 Å². The van der Waals surface area contributed by atoms with E-state index in [9.17, 15) is 14.7 Å². The van der Waals surface area contributed by atoms with Gasteiger partial charge < -0.3 is 14.6 Å². The molecule has 0 spiro atoms. The Morgan fingerprint density at radius 3 is 2.21 bits per heavy atom. The van der Waals surface area contributed by atoms with Crippen LogP contribution >= 0.6 is 27.3 Å². The summed E-state index contributed by atoms with van der Waals surface area (Å²) >= 11 is 4.50. The average Bonchev–Trinajstić information content (AvgIpc) is 2.76. The molecule has 0 saturated heterocycles. The van der Waals surface area contributed by atoms with Gasteiger partial charge in [-0.15, -0.1) is 11.3 Å². The van der Waals surface area contributed by atoms with Gasteiger partial charge in [0.05, 0.1) is 13.2 Å². The number of thiophene rings is 1. The summed E-state index contributed by atoms with van der Waals surface area (Å²) in [7, 11) is 0. The predicted octanol–water partition coefficient (Wildman–Crippen LogP) is 2.29. The van der Waals surface area contributed by atoms with E-state index >= 15 is 0 Å². The average molecular weight is 351 g/mol.